The summed E-state index contributed by atoms with van der Waals surface area (Å²) in [5.41, 5.74) is 2.54. The largest absolute Gasteiger partial charge is 0.364 e. The Bertz CT molecular complexity index is 1080. The lowest BCUT2D eigenvalue weighted by Crippen LogP contribution is -2.54. The Morgan fingerprint density at radius 3 is 2.47 bits per heavy atom. The fourth-order valence-electron chi connectivity index (χ4n) is 4.87. The second-order valence-electron chi connectivity index (χ2n) is 8.84. The summed E-state index contributed by atoms with van der Waals surface area (Å²) in [5, 5.41) is 5.54. The fraction of sp³-hybridized carbons (Fsp3) is 0.385. The Labute approximate surface area is 199 Å². The molecule has 0 bridgehead atoms. The number of carbonyl (C=O) groups excluding carboxylic acids is 4. The number of nitrogens with zero attached hydrogens (tertiary/aromatic N) is 2. The molecule has 4 rings (SSSR count). The second kappa shape index (κ2) is 10.5. The van der Waals surface area contributed by atoms with Crippen LogP contribution in [0.25, 0.3) is 0 Å². The van der Waals surface area contributed by atoms with E-state index in [4.69, 9.17) is 0 Å². The van der Waals surface area contributed by atoms with Crippen LogP contribution in [0.3, 0.4) is 0 Å². The first-order valence-electron chi connectivity index (χ1n) is 11.8. The number of hydrogen-bond donors (Lipinski definition) is 2. The third-order valence-electron chi connectivity index (χ3n) is 6.53. The molecule has 1 fully saturated rings. The normalized spacial score (nSPS) is 18.6. The van der Waals surface area contributed by atoms with E-state index in [2.05, 4.69) is 15.5 Å². The molecule has 34 heavy (non-hydrogen) atoms. The van der Waals surface area contributed by atoms with Crippen LogP contribution in [-0.4, -0.2) is 49.2 Å². The van der Waals surface area contributed by atoms with Crippen molar-refractivity contribution >= 4 is 41.1 Å². The lowest BCUT2D eigenvalue weighted by molar-refractivity contribution is -0.121. The topological polar surface area (TPSA) is 98.8 Å². The molecule has 1 atom stereocenters. The molecule has 0 spiro atoms. The number of aldehydes is 1. The average Bonchev–Trinajstić information content (AvgIpc) is 2.95. The first kappa shape index (κ1) is 23.5. The molecule has 2 N–H and O–H groups in total. The molecular formula is C26H30N4O4. The Kier molecular flexibility index (Phi) is 7.25. The second-order valence-corrected chi connectivity index (χ2v) is 8.84. The Balaban J connectivity index is 1.60. The summed E-state index contributed by atoms with van der Waals surface area (Å²) in [4.78, 5) is 53.2. The van der Waals surface area contributed by atoms with Gasteiger partial charge in [-0.05, 0) is 44.0 Å². The highest BCUT2D eigenvalue weighted by atomic mass is 16.2. The highest BCUT2D eigenvalue weighted by molar-refractivity contribution is 6.06. The number of rotatable bonds is 6. The Morgan fingerprint density at radius 1 is 1.03 bits per heavy atom. The van der Waals surface area contributed by atoms with Crippen LogP contribution in [0.15, 0.2) is 48.5 Å². The van der Waals surface area contributed by atoms with Gasteiger partial charge in [0.15, 0.2) is 5.78 Å². The van der Waals surface area contributed by atoms with Gasteiger partial charge in [0.25, 0.3) is 5.91 Å². The molecule has 8 heteroatoms. The highest BCUT2D eigenvalue weighted by Gasteiger charge is 2.37. The van der Waals surface area contributed by atoms with Gasteiger partial charge < -0.3 is 25.2 Å². The van der Waals surface area contributed by atoms with Crippen LogP contribution in [0.1, 0.15) is 49.4 Å². The van der Waals surface area contributed by atoms with Crippen molar-refractivity contribution in [2.24, 2.45) is 0 Å². The summed E-state index contributed by atoms with van der Waals surface area (Å²) in [6.07, 6.45) is 6.20. The van der Waals surface area contributed by atoms with Crippen LogP contribution in [0.2, 0.25) is 0 Å². The van der Waals surface area contributed by atoms with E-state index in [0.29, 0.717) is 29.8 Å². The number of urea groups is 1. The van der Waals surface area contributed by atoms with Gasteiger partial charge in [-0.15, -0.1) is 0 Å². The zero-order valence-electron chi connectivity index (χ0n) is 19.3. The predicted molar refractivity (Wildman–Crippen MR) is 131 cm³/mol. The molecule has 8 nitrogen and oxygen atoms in total. The molecule has 1 heterocycles. The van der Waals surface area contributed by atoms with E-state index in [1.165, 1.54) is 18.2 Å². The van der Waals surface area contributed by atoms with Crippen molar-refractivity contribution in [3.63, 3.8) is 0 Å². The first-order chi connectivity index (χ1) is 16.5. The van der Waals surface area contributed by atoms with E-state index in [0.717, 1.165) is 31.4 Å². The molecule has 1 aliphatic heterocycles. The third kappa shape index (κ3) is 5.11. The van der Waals surface area contributed by atoms with Crippen LogP contribution in [0.5, 0.6) is 0 Å². The van der Waals surface area contributed by atoms with E-state index in [1.54, 1.807) is 24.3 Å². The minimum Gasteiger partial charge on any atom is -0.364 e. The lowest BCUT2D eigenvalue weighted by Gasteiger charge is -2.37. The maximum absolute atomic E-state index is 13.5. The summed E-state index contributed by atoms with van der Waals surface area (Å²) >= 11 is 0. The number of anilines is 3. The molecule has 1 unspecified atom stereocenters. The van der Waals surface area contributed by atoms with Crippen molar-refractivity contribution in [1.82, 2.24) is 5.32 Å². The van der Waals surface area contributed by atoms with Crippen molar-refractivity contribution in [1.29, 1.82) is 0 Å². The lowest BCUT2D eigenvalue weighted by atomic mass is 9.93. The third-order valence-corrected chi connectivity index (χ3v) is 6.53. The number of para-hydroxylation sites is 2. The minimum absolute atomic E-state index is 0.0885. The van der Waals surface area contributed by atoms with E-state index < -0.39 is 12.1 Å². The van der Waals surface area contributed by atoms with Crippen LogP contribution >= 0.6 is 0 Å². The van der Waals surface area contributed by atoms with Crippen molar-refractivity contribution in [2.45, 2.75) is 51.1 Å². The quantitative estimate of drug-likeness (QED) is 0.503. The van der Waals surface area contributed by atoms with E-state index in [1.807, 2.05) is 24.3 Å². The number of benzene rings is 2. The van der Waals surface area contributed by atoms with Crippen molar-refractivity contribution in [3.8, 4) is 0 Å². The predicted octanol–water partition coefficient (Wildman–Crippen LogP) is 3.76. The van der Waals surface area contributed by atoms with Crippen molar-refractivity contribution < 1.29 is 19.2 Å². The summed E-state index contributed by atoms with van der Waals surface area (Å²) in [6, 6.07) is 13.1. The zero-order valence-corrected chi connectivity index (χ0v) is 19.3. The minimum atomic E-state index is -0.842. The maximum Gasteiger partial charge on any atom is 0.319 e. The van der Waals surface area contributed by atoms with Gasteiger partial charge in [0.2, 0.25) is 0 Å². The number of Topliss-reactive ketones (excluding diaryl/α,β-unsaturated/α-hetero) is 1. The molecular weight excluding hydrogens is 432 g/mol. The van der Waals surface area contributed by atoms with Gasteiger partial charge in [-0.1, -0.05) is 43.5 Å². The molecule has 1 aliphatic carbocycles. The summed E-state index contributed by atoms with van der Waals surface area (Å²) in [6.45, 7) is 1.69. The molecule has 1 saturated carbocycles. The zero-order chi connectivity index (χ0) is 24.1. The van der Waals surface area contributed by atoms with Gasteiger partial charge in [0.05, 0.1) is 17.9 Å². The van der Waals surface area contributed by atoms with Gasteiger partial charge in [0, 0.05) is 23.8 Å². The van der Waals surface area contributed by atoms with Crippen LogP contribution in [0.4, 0.5) is 21.9 Å². The Morgan fingerprint density at radius 2 is 1.76 bits per heavy atom. The molecule has 2 aromatic rings. The van der Waals surface area contributed by atoms with E-state index in [-0.39, 0.29) is 24.3 Å². The standard InChI is InChI=1S/C26H30N4O4/c1-18(32)19-8-7-9-20(16-19)27-26(34)28-22-17-30(21-10-3-2-4-11-21)24-13-6-5-12-23(24)29(14-15-31)25(22)33/h5-9,12-13,15-16,21-22H,2-4,10-11,14,17H2,1H3,(H2,27,28,34). The summed E-state index contributed by atoms with van der Waals surface area (Å²) < 4.78 is 0. The highest BCUT2D eigenvalue weighted by Crippen LogP contribution is 2.36. The smallest absolute Gasteiger partial charge is 0.319 e. The van der Waals surface area contributed by atoms with E-state index >= 15 is 0 Å². The molecule has 0 radical (unpaired) electrons. The molecule has 0 aromatic heterocycles. The van der Waals surface area contributed by atoms with Gasteiger partial charge in [-0.25, -0.2) is 4.79 Å². The number of nitrogens with one attached hydrogen (secondary N) is 2. The van der Waals surface area contributed by atoms with Crippen molar-refractivity contribution in [2.75, 3.05) is 28.2 Å². The number of ketones is 1. The molecule has 3 amide bonds. The van der Waals surface area contributed by atoms with Crippen LogP contribution < -0.4 is 20.4 Å². The average molecular weight is 463 g/mol. The SMILES string of the molecule is CC(=O)c1cccc(NC(=O)NC2CN(C3CCCCC3)c3ccccc3N(CC=O)C2=O)c1. The van der Waals surface area contributed by atoms with Gasteiger partial charge in [-0.2, -0.15) is 0 Å². The monoisotopic (exact) mass is 462 g/mol. The van der Waals surface area contributed by atoms with Crippen LogP contribution in [0, 0.1) is 0 Å². The van der Waals surface area contributed by atoms with Crippen LogP contribution in [-0.2, 0) is 9.59 Å². The molecule has 178 valence electrons. The van der Waals surface area contributed by atoms with Gasteiger partial charge >= 0.3 is 6.03 Å². The molecule has 2 aliphatic rings. The van der Waals surface area contributed by atoms with E-state index in [9.17, 15) is 19.2 Å². The van der Waals surface area contributed by atoms with Crippen molar-refractivity contribution in [3.05, 3.63) is 54.1 Å². The number of hydrogen-bond acceptors (Lipinski definition) is 5. The summed E-state index contributed by atoms with van der Waals surface area (Å²) in [7, 11) is 0. The number of amides is 3. The van der Waals surface area contributed by atoms with Gasteiger partial charge in [-0.3, -0.25) is 9.59 Å². The number of carbonyl (C=O) groups is 4. The first-order valence-corrected chi connectivity index (χ1v) is 11.8. The summed E-state index contributed by atoms with van der Waals surface area (Å²) in [5.74, 6) is -0.432. The fourth-order valence-corrected chi connectivity index (χ4v) is 4.87. The molecule has 0 saturated heterocycles. The molecule has 2 aromatic carbocycles. The Hall–Kier alpha value is -3.68. The number of fused-ring (bicyclic) bond motifs is 1. The maximum atomic E-state index is 13.5. The van der Waals surface area contributed by atoms with Gasteiger partial charge in [0.1, 0.15) is 12.3 Å².